The number of nitrogens with one attached hydrogen (secondary N) is 2. The molecule has 0 saturated heterocycles. The molecule has 2 aromatic rings. The normalized spacial score (nSPS) is 10.3. The molecule has 0 spiro atoms. The summed E-state index contributed by atoms with van der Waals surface area (Å²) in [5.41, 5.74) is 1.95. The monoisotopic (exact) mass is 360 g/mol. The highest BCUT2D eigenvalue weighted by Crippen LogP contribution is 2.17. The van der Waals surface area contributed by atoms with Crippen LogP contribution in [-0.4, -0.2) is 19.0 Å². The Morgan fingerprint density at radius 3 is 2.44 bits per heavy atom. The van der Waals surface area contributed by atoms with Crippen LogP contribution >= 0.6 is 11.6 Å². The van der Waals surface area contributed by atoms with Crippen LogP contribution in [0.2, 0.25) is 5.02 Å². The van der Waals surface area contributed by atoms with E-state index in [4.69, 9.17) is 16.3 Å². The molecular formula is C20H25ClN2O2. The number of ether oxygens (including phenoxy) is 1. The predicted octanol–water partition coefficient (Wildman–Crippen LogP) is 4.64. The van der Waals surface area contributed by atoms with Gasteiger partial charge >= 0.3 is 0 Å². The summed E-state index contributed by atoms with van der Waals surface area (Å²) in [6, 6.07) is 15.2. The van der Waals surface area contributed by atoms with E-state index in [1.807, 2.05) is 48.5 Å². The molecule has 0 aliphatic carbocycles. The molecule has 0 aliphatic rings. The number of hydrogen-bond donors (Lipinski definition) is 2. The molecule has 134 valence electrons. The van der Waals surface area contributed by atoms with Crippen LogP contribution in [0.5, 0.6) is 5.75 Å². The highest BCUT2D eigenvalue weighted by Gasteiger charge is 2.01. The maximum Gasteiger partial charge on any atom is 0.239 e. The molecule has 0 radical (unpaired) electrons. The summed E-state index contributed by atoms with van der Waals surface area (Å²) in [7, 11) is 0. The lowest BCUT2D eigenvalue weighted by molar-refractivity contribution is -0.119. The van der Waals surface area contributed by atoms with Crippen molar-refractivity contribution in [3.05, 3.63) is 59.1 Å². The van der Waals surface area contributed by atoms with Crippen molar-refractivity contribution in [3.8, 4) is 5.75 Å². The number of unbranched alkanes of at least 4 members (excludes halogenated alkanes) is 2. The van der Waals surface area contributed by atoms with Gasteiger partial charge in [0.2, 0.25) is 5.91 Å². The highest BCUT2D eigenvalue weighted by molar-refractivity contribution is 6.30. The van der Waals surface area contributed by atoms with Gasteiger partial charge in [0.25, 0.3) is 0 Å². The number of carbonyl (C=O) groups is 1. The number of carbonyl (C=O) groups excluding carboxylic acids is 1. The summed E-state index contributed by atoms with van der Waals surface area (Å²) in [6.07, 6.45) is 3.33. The summed E-state index contributed by atoms with van der Waals surface area (Å²) < 4.78 is 5.74. The Balaban J connectivity index is 1.70. The smallest absolute Gasteiger partial charge is 0.239 e. The van der Waals surface area contributed by atoms with Crippen LogP contribution in [0.25, 0.3) is 0 Å². The van der Waals surface area contributed by atoms with Crippen molar-refractivity contribution >= 4 is 23.2 Å². The average Bonchev–Trinajstić information content (AvgIpc) is 2.64. The zero-order chi connectivity index (χ0) is 17.9. The quantitative estimate of drug-likeness (QED) is 0.607. The molecule has 2 aromatic carbocycles. The minimum Gasteiger partial charge on any atom is -0.489 e. The second kappa shape index (κ2) is 10.6. The number of rotatable bonds is 10. The Hall–Kier alpha value is -2.20. The van der Waals surface area contributed by atoms with Crippen LogP contribution in [0.3, 0.4) is 0 Å². The molecule has 0 heterocycles. The van der Waals surface area contributed by atoms with Gasteiger partial charge in [0.1, 0.15) is 12.4 Å². The second-order valence-corrected chi connectivity index (χ2v) is 6.29. The van der Waals surface area contributed by atoms with Crippen LogP contribution in [0.15, 0.2) is 48.5 Å². The third kappa shape index (κ3) is 7.48. The molecule has 25 heavy (non-hydrogen) atoms. The van der Waals surface area contributed by atoms with Gasteiger partial charge in [-0.05, 0) is 48.4 Å². The van der Waals surface area contributed by atoms with E-state index in [0.717, 1.165) is 42.8 Å². The molecular weight excluding hydrogens is 336 g/mol. The molecule has 0 aliphatic heterocycles. The van der Waals surface area contributed by atoms with E-state index in [2.05, 4.69) is 17.6 Å². The van der Waals surface area contributed by atoms with Crippen molar-refractivity contribution in [1.29, 1.82) is 0 Å². The lowest BCUT2D eigenvalue weighted by Gasteiger charge is -2.09. The fourth-order valence-electron chi connectivity index (χ4n) is 2.26. The molecule has 4 nitrogen and oxygen atoms in total. The molecule has 1 amide bonds. The molecule has 2 N–H and O–H groups in total. The van der Waals surface area contributed by atoms with Crippen LogP contribution < -0.4 is 15.4 Å². The van der Waals surface area contributed by atoms with E-state index in [0.29, 0.717) is 11.6 Å². The number of anilines is 1. The molecule has 5 heteroatoms. The number of benzene rings is 2. The number of hydrogen-bond acceptors (Lipinski definition) is 3. The Morgan fingerprint density at radius 1 is 1.04 bits per heavy atom. The average molecular weight is 361 g/mol. The Kier molecular flexibility index (Phi) is 8.13. The van der Waals surface area contributed by atoms with E-state index in [9.17, 15) is 4.79 Å². The molecule has 0 atom stereocenters. The van der Waals surface area contributed by atoms with Gasteiger partial charge in [0.05, 0.1) is 6.54 Å². The maximum atomic E-state index is 11.7. The molecule has 0 fully saturated rings. The summed E-state index contributed by atoms with van der Waals surface area (Å²) in [5.74, 6) is 0.795. The summed E-state index contributed by atoms with van der Waals surface area (Å²) in [5, 5.41) is 6.73. The highest BCUT2D eigenvalue weighted by atomic mass is 35.5. The van der Waals surface area contributed by atoms with E-state index in [-0.39, 0.29) is 12.5 Å². The fraction of sp³-hybridized carbons (Fsp3) is 0.350. The first-order chi connectivity index (χ1) is 12.2. The van der Waals surface area contributed by atoms with Gasteiger partial charge in [-0.25, -0.2) is 0 Å². The van der Waals surface area contributed by atoms with Crippen molar-refractivity contribution in [1.82, 2.24) is 5.32 Å². The molecule has 0 bridgehead atoms. The van der Waals surface area contributed by atoms with Gasteiger partial charge in [-0.3, -0.25) is 4.79 Å². The van der Waals surface area contributed by atoms with Crippen LogP contribution in [0.4, 0.5) is 5.69 Å². The first-order valence-electron chi connectivity index (χ1n) is 8.65. The van der Waals surface area contributed by atoms with Gasteiger partial charge in [-0.15, -0.1) is 0 Å². The topological polar surface area (TPSA) is 50.4 Å². The van der Waals surface area contributed by atoms with Crippen LogP contribution in [0.1, 0.15) is 31.7 Å². The largest absolute Gasteiger partial charge is 0.489 e. The third-order valence-corrected chi connectivity index (χ3v) is 3.98. The van der Waals surface area contributed by atoms with Gasteiger partial charge in [-0.2, -0.15) is 0 Å². The summed E-state index contributed by atoms with van der Waals surface area (Å²) in [4.78, 5) is 11.7. The molecule has 2 rings (SSSR count). The SMILES string of the molecule is CCCCCNC(=O)CNc1ccc(OCc2ccc(Cl)cc2)cc1. The minimum absolute atomic E-state index is 0.0131. The summed E-state index contributed by atoms with van der Waals surface area (Å²) in [6.45, 7) is 3.65. The second-order valence-electron chi connectivity index (χ2n) is 5.85. The van der Waals surface area contributed by atoms with Crippen molar-refractivity contribution < 1.29 is 9.53 Å². The van der Waals surface area contributed by atoms with Crippen molar-refractivity contribution in [2.75, 3.05) is 18.4 Å². The zero-order valence-electron chi connectivity index (χ0n) is 14.6. The Morgan fingerprint density at radius 2 is 1.76 bits per heavy atom. The molecule has 0 aromatic heterocycles. The van der Waals surface area contributed by atoms with Gasteiger partial charge in [-0.1, -0.05) is 43.5 Å². The lowest BCUT2D eigenvalue weighted by atomic mass is 10.2. The summed E-state index contributed by atoms with van der Waals surface area (Å²) >= 11 is 5.86. The number of amides is 1. The van der Waals surface area contributed by atoms with E-state index < -0.39 is 0 Å². The van der Waals surface area contributed by atoms with Crippen molar-refractivity contribution in [2.45, 2.75) is 32.8 Å². The Labute approximate surface area is 154 Å². The Bertz CT molecular complexity index is 642. The van der Waals surface area contributed by atoms with Crippen molar-refractivity contribution in [3.63, 3.8) is 0 Å². The third-order valence-electron chi connectivity index (χ3n) is 3.73. The minimum atomic E-state index is 0.0131. The molecule has 0 saturated carbocycles. The molecule has 0 unspecified atom stereocenters. The lowest BCUT2D eigenvalue weighted by Crippen LogP contribution is -2.30. The standard InChI is InChI=1S/C20H25ClN2O2/c1-2-3-4-13-22-20(24)14-23-18-9-11-19(12-10-18)25-15-16-5-7-17(21)8-6-16/h5-12,23H,2-4,13-15H2,1H3,(H,22,24). The van der Waals surface area contributed by atoms with E-state index in [1.54, 1.807) is 0 Å². The van der Waals surface area contributed by atoms with Crippen molar-refractivity contribution in [2.24, 2.45) is 0 Å². The van der Waals surface area contributed by atoms with Gasteiger partial charge in [0.15, 0.2) is 0 Å². The van der Waals surface area contributed by atoms with Crippen LogP contribution in [0, 0.1) is 0 Å². The zero-order valence-corrected chi connectivity index (χ0v) is 15.3. The van der Waals surface area contributed by atoms with Gasteiger partial charge < -0.3 is 15.4 Å². The van der Waals surface area contributed by atoms with E-state index in [1.165, 1.54) is 0 Å². The maximum absolute atomic E-state index is 11.7. The number of halogens is 1. The fourth-order valence-corrected chi connectivity index (χ4v) is 2.39. The first kappa shape index (κ1) is 19.1. The van der Waals surface area contributed by atoms with Gasteiger partial charge in [0, 0.05) is 17.3 Å². The predicted molar refractivity (Wildman–Crippen MR) is 103 cm³/mol. The first-order valence-corrected chi connectivity index (χ1v) is 9.03. The van der Waals surface area contributed by atoms with Crippen LogP contribution in [-0.2, 0) is 11.4 Å². The van der Waals surface area contributed by atoms with E-state index >= 15 is 0 Å².